The molecule has 2 aromatic heterocycles. The maximum atomic E-state index is 4.62. The van der Waals surface area contributed by atoms with E-state index in [2.05, 4.69) is 74.7 Å². The fourth-order valence-electron chi connectivity index (χ4n) is 3.22. The Morgan fingerprint density at radius 1 is 1.04 bits per heavy atom. The Balaban J connectivity index is 1.80. The van der Waals surface area contributed by atoms with E-state index in [0.29, 0.717) is 5.95 Å². The van der Waals surface area contributed by atoms with Crippen LogP contribution in [0.4, 0.5) is 5.95 Å². The zero-order valence-corrected chi connectivity index (χ0v) is 14.7. The van der Waals surface area contributed by atoms with Crippen LogP contribution in [0, 0.1) is 0 Å². The van der Waals surface area contributed by atoms with E-state index < -0.39 is 0 Å². The van der Waals surface area contributed by atoms with Gasteiger partial charge in [-0.3, -0.25) is 0 Å². The van der Waals surface area contributed by atoms with Crippen molar-refractivity contribution in [1.82, 2.24) is 24.8 Å². The quantitative estimate of drug-likeness (QED) is 0.427. The van der Waals surface area contributed by atoms with Crippen LogP contribution in [0.1, 0.15) is 12.5 Å². The lowest BCUT2D eigenvalue weighted by atomic mass is 10.1. The Bertz CT molecular complexity index is 1100. The lowest BCUT2D eigenvalue weighted by Gasteiger charge is -2.12. The summed E-state index contributed by atoms with van der Waals surface area (Å²) in [5.74, 6) is 0.589. The summed E-state index contributed by atoms with van der Waals surface area (Å²) in [7, 11) is 5.73. The van der Waals surface area contributed by atoms with Gasteiger partial charge in [-0.05, 0) is 41.1 Å². The molecule has 0 saturated carbocycles. The smallest absolute Gasteiger partial charge is 0.265 e. The van der Waals surface area contributed by atoms with Crippen LogP contribution in [-0.4, -0.2) is 37.5 Å². The van der Waals surface area contributed by atoms with Gasteiger partial charge < -0.3 is 4.57 Å². The minimum Gasteiger partial charge on any atom is -0.344 e. The van der Waals surface area contributed by atoms with Crippen LogP contribution < -0.4 is 5.01 Å². The van der Waals surface area contributed by atoms with Crippen molar-refractivity contribution in [3.63, 3.8) is 0 Å². The van der Waals surface area contributed by atoms with Gasteiger partial charge in [0, 0.05) is 42.9 Å². The van der Waals surface area contributed by atoms with Gasteiger partial charge in [-0.25, -0.2) is 9.69 Å². The van der Waals surface area contributed by atoms with Crippen LogP contribution >= 0.6 is 0 Å². The fraction of sp³-hybridized carbons (Fsp3) is 0.222. The summed E-state index contributed by atoms with van der Waals surface area (Å²) in [6.07, 6.45) is 0. The monoisotopic (exact) mass is 333 g/mol. The molecule has 4 aromatic rings. The van der Waals surface area contributed by atoms with Gasteiger partial charge in [-0.1, -0.05) is 29.4 Å². The van der Waals surface area contributed by atoms with Gasteiger partial charge >= 0.3 is 0 Å². The van der Waals surface area contributed by atoms with Crippen molar-refractivity contribution >= 4 is 33.5 Å². The zero-order valence-electron chi connectivity index (χ0n) is 14.7. The Morgan fingerprint density at radius 2 is 1.80 bits per heavy atom. The van der Waals surface area contributed by atoms with Crippen LogP contribution in [0.5, 0.6) is 0 Å². The van der Waals surface area contributed by atoms with Gasteiger partial charge in [-0.15, -0.1) is 0 Å². The molecule has 2 heterocycles. The number of rotatable bonds is 3. The Labute approximate surface area is 145 Å². The number of tetrazole rings is 1. The predicted molar refractivity (Wildman–Crippen MR) is 99.8 cm³/mol. The van der Waals surface area contributed by atoms with Crippen molar-refractivity contribution in [1.29, 1.82) is 0 Å². The number of anilines is 1. The van der Waals surface area contributed by atoms with Gasteiger partial charge in [0.25, 0.3) is 5.95 Å². The normalized spacial score (nSPS) is 12.2. The van der Waals surface area contributed by atoms with Crippen molar-refractivity contribution in [2.45, 2.75) is 6.92 Å². The van der Waals surface area contributed by atoms with Crippen LogP contribution in [0.3, 0.4) is 0 Å². The molecule has 2 aromatic carbocycles. The molecule has 7 heteroatoms. The predicted octanol–water partition coefficient (Wildman–Crippen LogP) is 2.72. The van der Waals surface area contributed by atoms with Crippen molar-refractivity contribution in [3.05, 3.63) is 48.0 Å². The molecule has 0 radical (unpaired) electrons. The van der Waals surface area contributed by atoms with Crippen LogP contribution in [-0.2, 0) is 14.1 Å². The van der Waals surface area contributed by atoms with E-state index in [-0.39, 0.29) is 0 Å². The highest BCUT2D eigenvalue weighted by atomic mass is 15.6. The molecule has 0 saturated heterocycles. The summed E-state index contributed by atoms with van der Waals surface area (Å²) >= 11 is 0. The Morgan fingerprint density at radius 3 is 2.56 bits per heavy atom. The number of fused-ring (bicyclic) bond motifs is 3. The van der Waals surface area contributed by atoms with Crippen molar-refractivity contribution in [2.75, 3.05) is 12.1 Å². The molecular weight excluding hydrogens is 314 g/mol. The van der Waals surface area contributed by atoms with Crippen LogP contribution in [0.15, 0.2) is 47.6 Å². The third-order valence-electron chi connectivity index (χ3n) is 4.52. The van der Waals surface area contributed by atoms with Gasteiger partial charge in [0.05, 0.1) is 5.71 Å². The first kappa shape index (κ1) is 15.3. The molecular formula is C18H19N7. The zero-order chi connectivity index (χ0) is 17.6. The molecule has 0 N–H and O–H groups in total. The number of aromatic nitrogens is 5. The average molecular weight is 333 g/mol. The number of nitrogens with zero attached hydrogens (tertiary/aromatic N) is 7. The first-order valence-electron chi connectivity index (χ1n) is 8.05. The first-order valence-corrected chi connectivity index (χ1v) is 8.05. The highest BCUT2D eigenvalue weighted by Crippen LogP contribution is 2.28. The number of hydrogen-bond donors (Lipinski definition) is 0. The highest BCUT2D eigenvalue weighted by Gasteiger charge is 2.11. The molecule has 25 heavy (non-hydrogen) atoms. The molecule has 0 amide bonds. The van der Waals surface area contributed by atoms with Crippen molar-refractivity contribution < 1.29 is 0 Å². The summed E-state index contributed by atoms with van der Waals surface area (Å²) in [6, 6.07) is 14.9. The molecule has 0 aliphatic rings. The number of hydrogen-bond acceptors (Lipinski definition) is 5. The van der Waals surface area contributed by atoms with E-state index in [1.807, 2.05) is 14.0 Å². The largest absolute Gasteiger partial charge is 0.344 e. The van der Waals surface area contributed by atoms with Gasteiger partial charge in [0.2, 0.25) is 0 Å². The Kier molecular flexibility index (Phi) is 3.49. The van der Waals surface area contributed by atoms with Gasteiger partial charge in [0.15, 0.2) is 0 Å². The lowest BCUT2D eigenvalue weighted by molar-refractivity contribution is 0.701. The molecule has 126 valence electrons. The number of aryl methyl sites for hydroxylation is 2. The molecule has 7 nitrogen and oxygen atoms in total. The topological polar surface area (TPSA) is 64.1 Å². The van der Waals surface area contributed by atoms with Gasteiger partial charge in [-0.2, -0.15) is 5.10 Å². The highest BCUT2D eigenvalue weighted by molar-refractivity contribution is 6.11. The second-order valence-corrected chi connectivity index (χ2v) is 6.12. The van der Waals surface area contributed by atoms with Crippen molar-refractivity contribution in [2.24, 2.45) is 19.2 Å². The molecule has 0 unspecified atom stereocenters. The van der Waals surface area contributed by atoms with E-state index in [1.54, 1.807) is 16.7 Å². The van der Waals surface area contributed by atoms with E-state index in [1.165, 1.54) is 21.8 Å². The first-order chi connectivity index (χ1) is 12.1. The molecule has 0 bridgehead atoms. The number of benzene rings is 2. The average Bonchev–Trinajstić information content (AvgIpc) is 3.17. The lowest BCUT2D eigenvalue weighted by Crippen LogP contribution is -2.16. The Hall–Kier alpha value is -3.22. The standard InChI is InChI=1S/C18H19N7/c1-12(20-24(3)18-19-21-22-25(18)4)13-9-10-17-15(11-13)14-7-5-6-8-16(14)23(17)2/h5-11H,1-4H3/b20-12+. The summed E-state index contributed by atoms with van der Waals surface area (Å²) in [5.41, 5.74) is 4.42. The maximum absolute atomic E-state index is 4.62. The van der Waals surface area contributed by atoms with Crippen molar-refractivity contribution in [3.8, 4) is 0 Å². The SMILES string of the molecule is C/C(=N\N(C)c1nnnn1C)c1ccc2c(c1)c1ccccc1n2C. The summed E-state index contributed by atoms with van der Waals surface area (Å²) < 4.78 is 3.81. The number of hydrazone groups is 1. The van der Waals surface area contributed by atoms with E-state index in [0.717, 1.165) is 11.3 Å². The van der Waals surface area contributed by atoms with E-state index in [9.17, 15) is 0 Å². The third-order valence-corrected chi connectivity index (χ3v) is 4.52. The van der Waals surface area contributed by atoms with E-state index in [4.69, 9.17) is 0 Å². The fourth-order valence-corrected chi connectivity index (χ4v) is 3.22. The second kappa shape index (κ2) is 5.70. The maximum Gasteiger partial charge on any atom is 0.265 e. The second-order valence-electron chi connectivity index (χ2n) is 6.12. The summed E-state index contributed by atoms with van der Waals surface area (Å²) in [4.78, 5) is 0. The molecule has 0 spiro atoms. The van der Waals surface area contributed by atoms with E-state index >= 15 is 0 Å². The molecule has 4 rings (SSSR count). The minimum absolute atomic E-state index is 0.589. The molecule has 0 atom stereocenters. The summed E-state index contributed by atoms with van der Waals surface area (Å²) in [6.45, 7) is 1.99. The third kappa shape index (κ3) is 2.44. The van der Waals surface area contributed by atoms with Crippen LogP contribution in [0.25, 0.3) is 21.8 Å². The van der Waals surface area contributed by atoms with Gasteiger partial charge in [0.1, 0.15) is 0 Å². The summed E-state index contributed by atoms with van der Waals surface area (Å²) in [5, 5.41) is 20.2. The molecule has 0 aliphatic heterocycles. The molecule has 0 aliphatic carbocycles. The number of para-hydroxylation sites is 1. The van der Waals surface area contributed by atoms with Crippen LogP contribution in [0.2, 0.25) is 0 Å². The molecule has 0 fully saturated rings. The minimum atomic E-state index is 0.589.